The standard InChI is InChI=1S/C16H21N3O3/c1-10-15(16(22)14(21)9-17-12(3)20)11(2)19(18-10)13-7-5-4-6-8-13/h4-8,14,16,21-22H,9H2,1-3H3,(H,17,20). The maximum absolute atomic E-state index is 10.9. The molecule has 1 aromatic heterocycles. The van der Waals surface area contributed by atoms with E-state index in [1.54, 1.807) is 11.6 Å². The number of aryl methyl sites for hydroxylation is 1. The molecule has 2 unspecified atom stereocenters. The van der Waals surface area contributed by atoms with Gasteiger partial charge < -0.3 is 15.5 Å². The third-order valence-corrected chi connectivity index (χ3v) is 3.57. The van der Waals surface area contributed by atoms with Crippen molar-refractivity contribution in [3.05, 3.63) is 47.3 Å². The molecular formula is C16H21N3O3. The molecule has 2 atom stereocenters. The molecule has 0 fully saturated rings. The van der Waals surface area contributed by atoms with Crippen LogP contribution in [0.25, 0.3) is 5.69 Å². The van der Waals surface area contributed by atoms with Crippen LogP contribution in [-0.2, 0) is 4.79 Å². The van der Waals surface area contributed by atoms with Crippen LogP contribution < -0.4 is 5.32 Å². The number of rotatable bonds is 5. The molecule has 22 heavy (non-hydrogen) atoms. The molecule has 6 heteroatoms. The number of amides is 1. The highest BCUT2D eigenvalue weighted by molar-refractivity contribution is 5.72. The Morgan fingerprint density at radius 1 is 1.27 bits per heavy atom. The molecule has 118 valence electrons. The van der Waals surface area contributed by atoms with E-state index in [2.05, 4.69) is 10.4 Å². The highest BCUT2D eigenvalue weighted by atomic mass is 16.3. The van der Waals surface area contributed by atoms with Crippen LogP contribution >= 0.6 is 0 Å². The van der Waals surface area contributed by atoms with Gasteiger partial charge in [0.05, 0.1) is 11.4 Å². The van der Waals surface area contributed by atoms with Gasteiger partial charge in [0.25, 0.3) is 0 Å². The number of carbonyl (C=O) groups excluding carboxylic acids is 1. The third kappa shape index (κ3) is 3.35. The Morgan fingerprint density at radius 3 is 2.50 bits per heavy atom. The molecular weight excluding hydrogens is 282 g/mol. The maximum atomic E-state index is 10.9. The first-order valence-corrected chi connectivity index (χ1v) is 7.14. The zero-order valence-electron chi connectivity index (χ0n) is 12.9. The lowest BCUT2D eigenvalue weighted by Gasteiger charge is -2.18. The molecule has 1 heterocycles. The fraction of sp³-hybridized carbons (Fsp3) is 0.375. The molecule has 0 aliphatic rings. The lowest BCUT2D eigenvalue weighted by Crippen LogP contribution is -2.34. The molecule has 3 N–H and O–H groups in total. The van der Waals surface area contributed by atoms with E-state index in [-0.39, 0.29) is 12.5 Å². The number of benzene rings is 1. The lowest BCUT2D eigenvalue weighted by molar-refractivity contribution is -0.119. The molecule has 0 aliphatic heterocycles. The van der Waals surface area contributed by atoms with Crippen LogP contribution in [0, 0.1) is 13.8 Å². The fourth-order valence-electron chi connectivity index (χ4n) is 2.46. The summed E-state index contributed by atoms with van der Waals surface area (Å²) in [6.07, 6.45) is -2.20. The number of hydrogen-bond donors (Lipinski definition) is 3. The van der Waals surface area contributed by atoms with E-state index in [9.17, 15) is 15.0 Å². The van der Waals surface area contributed by atoms with E-state index in [4.69, 9.17) is 0 Å². The summed E-state index contributed by atoms with van der Waals surface area (Å²) < 4.78 is 1.74. The summed E-state index contributed by atoms with van der Waals surface area (Å²) in [4.78, 5) is 10.9. The van der Waals surface area contributed by atoms with E-state index >= 15 is 0 Å². The summed E-state index contributed by atoms with van der Waals surface area (Å²) in [5.41, 5.74) is 2.88. The molecule has 0 saturated heterocycles. The van der Waals surface area contributed by atoms with E-state index in [0.717, 1.165) is 11.4 Å². The summed E-state index contributed by atoms with van der Waals surface area (Å²) >= 11 is 0. The largest absolute Gasteiger partial charge is 0.388 e. The number of aromatic nitrogens is 2. The summed E-state index contributed by atoms with van der Waals surface area (Å²) in [5.74, 6) is -0.250. The molecule has 1 amide bonds. The van der Waals surface area contributed by atoms with Gasteiger partial charge in [0.15, 0.2) is 0 Å². The summed E-state index contributed by atoms with van der Waals surface area (Å²) in [5, 5.41) is 27.4. The molecule has 6 nitrogen and oxygen atoms in total. The van der Waals surface area contributed by atoms with Gasteiger partial charge in [-0.2, -0.15) is 5.10 Å². The average Bonchev–Trinajstić information content (AvgIpc) is 2.80. The van der Waals surface area contributed by atoms with Gasteiger partial charge in [-0.15, -0.1) is 0 Å². The molecule has 2 aromatic rings. The van der Waals surface area contributed by atoms with E-state index < -0.39 is 12.2 Å². The average molecular weight is 303 g/mol. The van der Waals surface area contributed by atoms with E-state index in [1.165, 1.54) is 6.92 Å². The molecule has 1 aromatic carbocycles. The number of carbonyl (C=O) groups is 1. The van der Waals surface area contributed by atoms with Crippen molar-refractivity contribution in [2.45, 2.75) is 33.0 Å². The monoisotopic (exact) mass is 303 g/mol. The Balaban J connectivity index is 2.28. The number of para-hydroxylation sites is 1. The first-order chi connectivity index (χ1) is 10.4. The number of hydrogen-bond acceptors (Lipinski definition) is 4. The number of aliphatic hydroxyl groups excluding tert-OH is 2. The quantitative estimate of drug-likeness (QED) is 0.769. The van der Waals surface area contributed by atoms with Gasteiger partial charge in [0, 0.05) is 24.7 Å². The zero-order chi connectivity index (χ0) is 16.3. The molecule has 0 saturated carbocycles. The van der Waals surface area contributed by atoms with Crippen LogP contribution in [0.15, 0.2) is 30.3 Å². The summed E-state index contributed by atoms with van der Waals surface area (Å²) in [6.45, 7) is 4.99. The van der Waals surface area contributed by atoms with Gasteiger partial charge >= 0.3 is 0 Å². The van der Waals surface area contributed by atoms with Gasteiger partial charge in [0.2, 0.25) is 5.91 Å². The fourth-order valence-corrected chi connectivity index (χ4v) is 2.46. The van der Waals surface area contributed by atoms with Crippen LogP contribution in [0.1, 0.15) is 30.0 Å². The van der Waals surface area contributed by atoms with Crippen molar-refractivity contribution in [1.29, 1.82) is 0 Å². The third-order valence-electron chi connectivity index (χ3n) is 3.57. The highest BCUT2D eigenvalue weighted by Crippen LogP contribution is 2.26. The lowest BCUT2D eigenvalue weighted by atomic mass is 10.0. The van der Waals surface area contributed by atoms with Gasteiger partial charge in [0.1, 0.15) is 12.2 Å². The van der Waals surface area contributed by atoms with Crippen LogP contribution in [0.3, 0.4) is 0 Å². The second-order valence-electron chi connectivity index (χ2n) is 5.28. The van der Waals surface area contributed by atoms with Crippen molar-refractivity contribution < 1.29 is 15.0 Å². The Morgan fingerprint density at radius 2 is 1.91 bits per heavy atom. The predicted molar refractivity (Wildman–Crippen MR) is 82.7 cm³/mol. The van der Waals surface area contributed by atoms with Crippen molar-refractivity contribution in [1.82, 2.24) is 15.1 Å². The van der Waals surface area contributed by atoms with Crippen LogP contribution in [0.2, 0.25) is 0 Å². The van der Waals surface area contributed by atoms with E-state index in [0.29, 0.717) is 11.3 Å². The number of nitrogens with zero attached hydrogens (tertiary/aromatic N) is 2. The summed E-state index contributed by atoms with van der Waals surface area (Å²) in [7, 11) is 0. The summed E-state index contributed by atoms with van der Waals surface area (Å²) in [6, 6.07) is 9.58. The maximum Gasteiger partial charge on any atom is 0.216 e. The first-order valence-electron chi connectivity index (χ1n) is 7.14. The van der Waals surface area contributed by atoms with Crippen molar-refractivity contribution in [3.63, 3.8) is 0 Å². The van der Waals surface area contributed by atoms with Crippen LogP contribution in [-0.4, -0.2) is 38.5 Å². The molecule has 0 bridgehead atoms. The van der Waals surface area contributed by atoms with E-state index in [1.807, 2.05) is 37.3 Å². The van der Waals surface area contributed by atoms with Crippen molar-refractivity contribution in [2.75, 3.05) is 6.54 Å². The topological polar surface area (TPSA) is 87.4 Å². The van der Waals surface area contributed by atoms with Gasteiger partial charge in [-0.3, -0.25) is 4.79 Å². The second-order valence-corrected chi connectivity index (χ2v) is 5.28. The second kappa shape index (κ2) is 6.72. The Bertz CT molecular complexity index is 652. The van der Waals surface area contributed by atoms with Gasteiger partial charge in [-0.25, -0.2) is 4.68 Å². The minimum absolute atomic E-state index is 0.00804. The first kappa shape index (κ1) is 16.2. The van der Waals surface area contributed by atoms with Crippen molar-refractivity contribution in [2.24, 2.45) is 0 Å². The number of nitrogens with one attached hydrogen (secondary N) is 1. The Labute approximate surface area is 129 Å². The normalized spacial score (nSPS) is 13.7. The Hall–Kier alpha value is -2.18. The highest BCUT2D eigenvalue weighted by Gasteiger charge is 2.25. The van der Waals surface area contributed by atoms with Crippen molar-refractivity contribution in [3.8, 4) is 5.69 Å². The zero-order valence-corrected chi connectivity index (χ0v) is 12.9. The predicted octanol–water partition coefficient (Wildman–Crippen LogP) is 1.02. The Kier molecular flexibility index (Phi) is 4.95. The minimum atomic E-state index is -1.11. The molecule has 0 radical (unpaired) electrons. The molecule has 0 spiro atoms. The van der Waals surface area contributed by atoms with Crippen LogP contribution in [0.4, 0.5) is 0 Å². The molecule has 2 rings (SSSR count). The smallest absolute Gasteiger partial charge is 0.216 e. The van der Waals surface area contributed by atoms with Crippen LogP contribution in [0.5, 0.6) is 0 Å². The molecule has 0 aliphatic carbocycles. The van der Waals surface area contributed by atoms with Crippen molar-refractivity contribution >= 4 is 5.91 Å². The van der Waals surface area contributed by atoms with Gasteiger partial charge in [-0.05, 0) is 26.0 Å². The number of aliphatic hydroxyl groups is 2. The minimum Gasteiger partial charge on any atom is -0.388 e. The van der Waals surface area contributed by atoms with Gasteiger partial charge in [-0.1, -0.05) is 18.2 Å². The SMILES string of the molecule is CC(=O)NCC(O)C(O)c1c(C)nn(-c2ccccc2)c1C.